The first-order valence-electron chi connectivity index (χ1n) is 8.48. The lowest BCUT2D eigenvalue weighted by Crippen LogP contribution is -2.16. The molecule has 0 amide bonds. The number of nitrogens with zero attached hydrogens (tertiary/aromatic N) is 2. The van der Waals surface area contributed by atoms with Gasteiger partial charge in [0, 0.05) is 5.56 Å². The van der Waals surface area contributed by atoms with Crippen molar-refractivity contribution < 1.29 is 4.74 Å². The van der Waals surface area contributed by atoms with Gasteiger partial charge in [0.1, 0.15) is 5.75 Å². The third-order valence-corrected chi connectivity index (χ3v) is 5.00. The zero-order chi connectivity index (χ0) is 17.2. The number of methoxy groups -OCH3 is 1. The van der Waals surface area contributed by atoms with Crippen LogP contribution in [0, 0.1) is 0 Å². The lowest BCUT2D eigenvalue weighted by molar-refractivity contribution is 0.416. The van der Waals surface area contributed by atoms with Crippen LogP contribution in [0.1, 0.15) is 11.1 Å². The van der Waals surface area contributed by atoms with Crippen LogP contribution in [0.4, 0.5) is 0 Å². The molecule has 0 saturated heterocycles. The average molecular weight is 354 g/mol. The van der Waals surface area contributed by atoms with E-state index in [1.165, 1.54) is 11.1 Å². The van der Waals surface area contributed by atoms with Crippen molar-refractivity contribution in [2.75, 3.05) is 20.2 Å². The highest BCUT2D eigenvalue weighted by Crippen LogP contribution is 2.35. The molecule has 0 atom stereocenters. The maximum absolute atomic E-state index is 6.63. The maximum atomic E-state index is 6.63. The predicted molar refractivity (Wildman–Crippen MR) is 101 cm³/mol. The van der Waals surface area contributed by atoms with Crippen LogP contribution < -0.4 is 10.1 Å². The fourth-order valence-electron chi connectivity index (χ4n) is 3.49. The Balaban J connectivity index is 1.92. The first kappa shape index (κ1) is 16.2. The quantitative estimate of drug-likeness (QED) is 0.776. The minimum absolute atomic E-state index is 0.723. The Labute approximate surface area is 152 Å². The van der Waals surface area contributed by atoms with Crippen LogP contribution in [-0.2, 0) is 12.8 Å². The summed E-state index contributed by atoms with van der Waals surface area (Å²) >= 11 is 6.63. The van der Waals surface area contributed by atoms with Crippen molar-refractivity contribution in [3.8, 4) is 22.7 Å². The fourth-order valence-corrected chi connectivity index (χ4v) is 3.75. The van der Waals surface area contributed by atoms with Gasteiger partial charge in [0.05, 0.1) is 29.7 Å². The van der Waals surface area contributed by atoms with Crippen LogP contribution in [0.5, 0.6) is 5.75 Å². The number of nitrogens with one attached hydrogen (secondary N) is 1. The maximum Gasteiger partial charge on any atom is 0.128 e. The van der Waals surface area contributed by atoms with E-state index in [-0.39, 0.29) is 0 Å². The van der Waals surface area contributed by atoms with Crippen molar-refractivity contribution in [2.24, 2.45) is 0 Å². The van der Waals surface area contributed by atoms with Crippen LogP contribution >= 0.6 is 11.6 Å². The second kappa shape index (κ2) is 6.90. The largest absolute Gasteiger partial charge is 0.496 e. The van der Waals surface area contributed by atoms with Crippen molar-refractivity contribution in [2.45, 2.75) is 12.8 Å². The molecule has 0 saturated carbocycles. The van der Waals surface area contributed by atoms with Crippen molar-refractivity contribution in [1.29, 1.82) is 0 Å². The molecule has 4 rings (SSSR count). The topological polar surface area (TPSA) is 39.1 Å². The number of rotatable bonds is 3. The summed E-state index contributed by atoms with van der Waals surface area (Å²) in [6, 6.07) is 14.1. The van der Waals surface area contributed by atoms with Gasteiger partial charge in [0.15, 0.2) is 0 Å². The number of benzene rings is 2. The monoisotopic (exact) mass is 353 g/mol. The number of aromatic nitrogens is 2. The molecule has 3 aromatic rings. The second-order valence-corrected chi connectivity index (χ2v) is 6.52. The van der Waals surface area contributed by atoms with E-state index in [1.807, 2.05) is 47.3 Å². The molecule has 2 aromatic carbocycles. The van der Waals surface area contributed by atoms with Gasteiger partial charge in [-0.15, -0.1) is 0 Å². The molecule has 1 N–H and O–H groups in total. The number of hydrogen-bond donors (Lipinski definition) is 1. The predicted octanol–water partition coefficient (Wildman–Crippen LogP) is 3.89. The highest BCUT2D eigenvalue weighted by Gasteiger charge is 2.20. The second-order valence-electron chi connectivity index (χ2n) is 6.11. The van der Waals surface area contributed by atoms with Crippen LogP contribution in [0.15, 0.2) is 48.7 Å². The van der Waals surface area contributed by atoms with Gasteiger partial charge >= 0.3 is 0 Å². The Morgan fingerprint density at radius 2 is 1.92 bits per heavy atom. The van der Waals surface area contributed by atoms with Crippen LogP contribution in [-0.4, -0.2) is 30.0 Å². The molecular formula is C20H20ClN3O. The van der Waals surface area contributed by atoms with E-state index >= 15 is 0 Å². The van der Waals surface area contributed by atoms with E-state index < -0.39 is 0 Å². The molecule has 1 aliphatic heterocycles. The SMILES string of the molecule is COc1ccccc1-c1ccnn1-c1c(Cl)ccc2c1CCNCC2. The van der Waals surface area contributed by atoms with E-state index in [0.29, 0.717) is 0 Å². The summed E-state index contributed by atoms with van der Waals surface area (Å²) in [6.07, 6.45) is 3.76. The van der Waals surface area contributed by atoms with E-state index in [1.54, 1.807) is 7.11 Å². The van der Waals surface area contributed by atoms with Gasteiger partial charge in [-0.2, -0.15) is 5.10 Å². The fraction of sp³-hybridized carbons (Fsp3) is 0.250. The highest BCUT2D eigenvalue weighted by molar-refractivity contribution is 6.32. The van der Waals surface area contributed by atoms with E-state index in [2.05, 4.69) is 16.5 Å². The summed E-state index contributed by atoms with van der Waals surface area (Å²) in [7, 11) is 1.69. The Morgan fingerprint density at radius 3 is 2.80 bits per heavy atom. The zero-order valence-electron chi connectivity index (χ0n) is 14.1. The summed E-state index contributed by atoms with van der Waals surface area (Å²) in [5, 5.41) is 8.77. The smallest absolute Gasteiger partial charge is 0.128 e. The first-order chi connectivity index (χ1) is 12.3. The van der Waals surface area contributed by atoms with Gasteiger partial charge in [-0.3, -0.25) is 0 Å². The Kier molecular flexibility index (Phi) is 4.47. The molecule has 1 aliphatic rings. The molecule has 0 spiro atoms. The number of hydrogen-bond acceptors (Lipinski definition) is 3. The Morgan fingerprint density at radius 1 is 1.08 bits per heavy atom. The third kappa shape index (κ3) is 2.92. The van der Waals surface area contributed by atoms with Crippen molar-refractivity contribution in [3.05, 3.63) is 64.8 Å². The van der Waals surface area contributed by atoms with Gasteiger partial charge in [0.25, 0.3) is 0 Å². The number of ether oxygens (including phenoxy) is 1. The lowest BCUT2D eigenvalue weighted by atomic mass is 10.0. The molecule has 4 nitrogen and oxygen atoms in total. The van der Waals surface area contributed by atoms with Gasteiger partial charge in [0.2, 0.25) is 0 Å². The van der Waals surface area contributed by atoms with E-state index in [9.17, 15) is 0 Å². The van der Waals surface area contributed by atoms with E-state index in [4.69, 9.17) is 16.3 Å². The Hall–Kier alpha value is -2.30. The lowest BCUT2D eigenvalue weighted by Gasteiger charge is -2.17. The van der Waals surface area contributed by atoms with Gasteiger partial charge in [-0.25, -0.2) is 4.68 Å². The molecule has 0 radical (unpaired) electrons. The minimum atomic E-state index is 0.723. The molecule has 128 valence electrons. The van der Waals surface area contributed by atoms with Gasteiger partial charge in [-0.1, -0.05) is 29.8 Å². The molecule has 5 heteroatoms. The summed E-state index contributed by atoms with van der Waals surface area (Å²) in [6.45, 7) is 1.94. The normalized spacial score (nSPS) is 14.0. The summed E-state index contributed by atoms with van der Waals surface area (Å²) in [5.41, 5.74) is 5.57. The molecule has 1 aromatic heterocycles. The van der Waals surface area contributed by atoms with Crippen molar-refractivity contribution in [3.63, 3.8) is 0 Å². The van der Waals surface area contributed by atoms with E-state index in [0.717, 1.165) is 53.6 Å². The zero-order valence-corrected chi connectivity index (χ0v) is 14.9. The molecule has 0 fully saturated rings. The van der Waals surface area contributed by atoms with Crippen LogP contribution in [0.2, 0.25) is 5.02 Å². The minimum Gasteiger partial charge on any atom is -0.496 e. The first-order valence-corrected chi connectivity index (χ1v) is 8.86. The molecule has 0 unspecified atom stereocenters. The summed E-state index contributed by atoms with van der Waals surface area (Å²) in [4.78, 5) is 0. The van der Waals surface area contributed by atoms with Crippen molar-refractivity contribution >= 4 is 11.6 Å². The molecule has 0 bridgehead atoms. The highest BCUT2D eigenvalue weighted by atomic mass is 35.5. The summed E-state index contributed by atoms with van der Waals surface area (Å²) in [5.74, 6) is 0.823. The molecular weight excluding hydrogens is 334 g/mol. The number of halogens is 1. The van der Waals surface area contributed by atoms with Gasteiger partial charge in [-0.05, 0) is 61.3 Å². The number of fused-ring (bicyclic) bond motifs is 1. The van der Waals surface area contributed by atoms with Crippen LogP contribution in [0.3, 0.4) is 0 Å². The van der Waals surface area contributed by atoms with Crippen LogP contribution in [0.25, 0.3) is 16.9 Å². The number of para-hydroxylation sites is 1. The molecule has 25 heavy (non-hydrogen) atoms. The third-order valence-electron chi connectivity index (χ3n) is 4.69. The van der Waals surface area contributed by atoms with Crippen molar-refractivity contribution in [1.82, 2.24) is 15.1 Å². The van der Waals surface area contributed by atoms with Gasteiger partial charge < -0.3 is 10.1 Å². The molecule has 0 aliphatic carbocycles. The molecule has 2 heterocycles. The standard InChI is InChI=1S/C20H20ClN3O/c1-25-19-5-3-2-4-16(19)18-10-13-23-24(18)20-15-9-12-22-11-8-14(15)6-7-17(20)21/h2-7,10,13,22H,8-9,11-12H2,1H3. The average Bonchev–Trinajstić information content (AvgIpc) is 2.99. The Bertz CT molecular complexity index is 904. The summed E-state index contributed by atoms with van der Waals surface area (Å²) < 4.78 is 7.49.